The molecule has 0 bridgehead atoms. The van der Waals surface area contributed by atoms with E-state index in [2.05, 4.69) is 9.72 Å². The molecule has 1 aromatic carbocycles. The molecule has 0 amide bonds. The van der Waals surface area contributed by atoms with E-state index >= 15 is 0 Å². The van der Waals surface area contributed by atoms with Crippen LogP contribution in [0.1, 0.15) is 44.9 Å². The molecular formula is C24H27N3O3. The van der Waals surface area contributed by atoms with Gasteiger partial charge in [0.25, 0.3) is 0 Å². The predicted octanol–water partition coefficient (Wildman–Crippen LogP) is 5.07. The van der Waals surface area contributed by atoms with Gasteiger partial charge in [0.05, 0.1) is 13.0 Å². The SMILES string of the molecule is COc1cc(-c2nc3ccccn3c2NC2CCCCC2)ccc1OC(=O)C1CC1. The lowest BCUT2D eigenvalue weighted by Gasteiger charge is -2.24. The molecule has 2 aromatic heterocycles. The number of carbonyl (C=O) groups excluding carboxylic acids is 1. The van der Waals surface area contributed by atoms with Gasteiger partial charge in [-0.25, -0.2) is 4.98 Å². The minimum absolute atomic E-state index is 0.0409. The molecule has 0 unspecified atom stereocenters. The number of methoxy groups -OCH3 is 1. The van der Waals surface area contributed by atoms with E-state index in [1.165, 1.54) is 32.1 Å². The number of imidazole rings is 1. The van der Waals surface area contributed by atoms with Gasteiger partial charge in [0, 0.05) is 17.8 Å². The van der Waals surface area contributed by atoms with E-state index in [1.807, 2.05) is 42.6 Å². The van der Waals surface area contributed by atoms with Crippen LogP contribution in [-0.2, 0) is 4.79 Å². The van der Waals surface area contributed by atoms with Crippen LogP contribution in [0, 0.1) is 5.92 Å². The summed E-state index contributed by atoms with van der Waals surface area (Å²) in [4.78, 5) is 17.0. The lowest BCUT2D eigenvalue weighted by molar-refractivity contribution is -0.135. The number of anilines is 1. The number of hydrogen-bond donors (Lipinski definition) is 1. The molecule has 6 nitrogen and oxygen atoms in total. The largest absolute Gasteiger partial charge is 0.493 e. The average molecular weight is 405 g/mol. The second kappa shape index (κ2) is 8.01. The van der Waals surface area contributed by atoms with Crippen LogP contribution in [0.5, 0.6) is 11.5 Å². The quantitative estimate of drug-likeness (QED) is 0.458. The number of rotatable bonds is 6. The van der Waals surface area contributed by atoms with Crippen molar-refractivity contribution in [3.63, 3.8) is 0 Å². The first-order valence-electron chi connectivity index (χ1n) is 10.9. The average Bonchev–Trinajstić information content (AvgIpc) is 3.58. The molecule has 0 radical (unpaired) electrons. The lowest BCUT2D eigenvalue weighted by atomic mass is 9.95. The Hall–Kier alpha value is -3.02. The fraction of sp³-hybridized carbons (Fsp3) is 0.417. The van der Waals surface area contributed by atoms with Crippen LogP contribution >= 0.6 is 0 Å². The van der Waals surface area contributed by atoms with Crippen LogP contribution in [0.2, 0.25) is 0 Å². The number of esters is 1. The number of ether oxygens (including phenoxy) is 2. The number of pyridine rings is 1. The topological polar surface area (TPSA) is 64.9 Å². The van der Waals surface area contributed by atoms with Crippen molar-refractivity contribution in [3.05, 3.63) is 42.6 Å². The van der Waals surface area contributed by atoms with Crippen molar-refractivity contribution in [3.8, 4) is 22.8 Å². The first-order chi connectivity index (χ1) is 14.7. The van der Waals surface area contributed by atoms with Gasteiger partial charge >= 0.3 is 5.97 Å². The van der Waals surface area contributed by atoms with Gasteiger partial charge in [0.1, 0.15) is 17.2 Å². The third-order valence-corrected chi connectivity index (χ3v) is 6.03. The normalized spacial score (nSPS) is 17.1. The van der Waals surface area contributed by atoms with Crippen LogP contribution in [-0.4, -0.2) is 28.5 Å². The predicted molar refractivity (Wildman–Crippen MR) is 116 cm³/mol. The van der Waals surface area contributed by atoms with Crippen molar-refractivity contribution in [2.45, 2.75) is 51.0 Å². The van der Waals surface area contributed by atoms with E-state index < -0.39 is 0 Å². The van der Waals surface area contributed by atoms with Gasteiger partial charge in [-0.15, -0.1) is 0 Å². The van der Waals surface area contributed by atoms with E-state index in [4.69, 9.17) is 14.5 Å². The summed E-state index contributed by atoms with van der Waals surface area (Å²) in [6, 6.07) is 12.2. The van der Waals surface area contributed by atoms with Crippen LogP contribution in [0.25, 0.3) is 16.9 Å². The van der Waals surface area contributed by atoms with Crippen molar-refractivity contribution in [2.24, 2.45) is 5.92 Å². The van der Waals surface area contributed by atoms with Crippen LogP contribution in [0.4, 0.5) is 5.82 Å². The van der Waals surface area contributed by atoms with Gasteiger partial charge in [-0.3, -0.25) is 9.20 Å². The molecule has 0 saturated heterocycles. The third kappa shape index (κ3) is 3.74. The summed E-state index contributed by atoms with van der Waals surface area (Å²) < 4.78 is 13.2. The summed E-state index contributed by atoms with van der Waals surface area (Å²) >= 11 is 0. The number of benzene rings is 1. The second-order valence-corrected chi connectivity index (χ2v) is 8.28. The monoisotopic (exact) mass is 405 g/mol. The summed E-state index contributed by atoms with van der Waals surface area (Å²) in [5.41, 5.74) is 2.71. The van der Waals surface area contributed by atoms with Gasteiger partial charge in [-0.05, 0) is 56.0 Å². The molecule has 156 valence electrons. The van der Waals surface area contributed by atoms with E-state index in [-0.39, 0.29) is 11.9 Å². The Bertz CT molecular complexity index is 1060. The molecule has 5 rings (SSSR count). The fourth-order valence-electron chi connectivity index (χ4n) is 4.19. The molecule has 0 spiro atoms. The highest BCUT2D eigenvalue weighted by Crippen LogP contribution is 2.38. The Kier molecular flexibility index (Phi) is 5.07. The van der Waals surface area contributed by atoms with E-state index in [9.17, 15) is 4.79 Å². The minimum Gasteiger partial charge on any atom is -0.493 e. The summed E-state index contributed by atoms with van der Waals surface area (Å²) in [6.45, 7) is 0. The van der Waals surface area contributed by atoms with Crippen molar-refractivity contribution in [1.82, 2.24) is 9.38 Å². The highest BCUT2D eigenvalue weighted by Gasteiger charge is 2.32. The Balaban J connectivity index is 1.51. The third-order valence-electron chi connectivity index (χ3n) is 6.03. The summed E-state index contributed by atoms with van der Waals surface area (Å²) in [5, 5.41) is 3.75. The molecule has 2 aliphatic rings. The standard InChI is InChI=1S/C24H27N3O3/c1-29-20-15-17(12-13-19(20)30-24(28)16-10-11-16)22-23(25-18-7-3-2-4-8-18)27-14-6-5-9-21(27)26-22/h5-6,9,12-16,18,25H,2-4,7-8,10-11H2,1H3. The van der Waals surface area contributed by atoms with Gasteiger partial charge in [-0.1, -0.05) is 25.3 Å². The lowest BCUT2D eigenvalue weighted by Crippen LogP contribution is -2.23. The zero-order chi connectivity index (χ0) is 20.5. The van der Waals surface area contributed by atoms with Crippen LogP contribution < -0.4 is 14.8 Å². The van der Waals surface area contributed by atoms with Crippen LogP contribution in [0.15, 0.2) is 42.6 Å². The van der Waals surface area contributed by atoms with Crippen LogP contribution in [0.3, 0.4) is 0 Å². The number of fused-ring (bicyclic) bond motifs is 1. The van der Waals surface area contributed by atoms with Crippen molar-refractivity contribution >= 4 is 17.4 Å². The second-order valence-electron chi connectivity index (χ2n) is 8.28. The van der Waals surface area contributed by atoms with Crippen molar-refractivity contribution < 1.29 is 14.3 Å². The van der Waals surface area contributed by atoms with E-state index in [1.54, 1.807) is 7.11 Å². The smallest absolute Gasteiger partial charge is 0.314 e. The van der Waals surface area contributed by atoms with E-state index in [0.717, 1.165) is 35.6 Å². The number of aromatic nitrogens is 2. The summed E-state index contributed by atoms with van der Waals surface area (Å²) in [7, 11) is 1.60. The fourth-order valence-corrected chi connectivity index (χ4v) is 4.19. The molecule has 2 aliphatic carbocycles. The maximum atomic E-state index is 12.1. The Morgan fingerprint density at radius 3 is 2.67 bits per heavy atom. The van der Waals surface area contributed by atoms with Gasteiger partial charge in [-0.2, -0.15) is 0 Å². The molecule has 6 heteroatoms. The highest BCUT2D eigenvalue weighted by molar-refractivity contribution is 5.81. The Morgan fingerprint density at radius 1 is 1.07 bits per heavy atom. The maximum Gasteiger partial charge on any atom is 0.314 e. The molecule has 2 fully saturated rings. The first-order valence-corrected chi connectivity index (χ1v) is 10.9. The Morgan fingerprint density at radius 2 is 1.90 bits per heavy atom. The summed E-state index contributed by atoms with van der Waals surface area (Å²) in [6.07, 6.45) is 10.1. The van der Waals surface area contributed by atoms with E-state index in [0.29, 0.717) is 17.5 Å². The molecular weight excluding hydrogens is 378 g/mol. The van der Waals surface area contributed by atoms with Gasteiger partial charge in [0.2, 0.25) is 0 Å². The molecule has 2 saturated carbocycles. The molecule has 0 aliphatic heterocycles. The summed E-state index contributed by atoms with van der Waals surface area (Å²) in [5.74, 6) is 1.88. The number of carbonyl (C=O) groups is 1. The van der Waals surface area contributed by atoms with Crippen molar-refractivity contribution in [1.29, 1.82) is 0 Å². The molecule has 30 heavy (non-hydrogen) atoms. The number of nitrogens with one attached hydrogen (secondary N) is 1. The van der Waals surface area contributed by atoms with Crippen molar-refractivity contribution in [2.75, 3.05) is 12.4 Å². The minimum atomic E-state index is -0.173. The van der Waals surface area contributed by atoms with Gasteiger partial charge in [0.15, 0.2) is 11.5 Å². The first kappa shape index (κ1) is 19.0. The molecule has 3 aromatic rings. The zero-order valence-electron chi connectivity index (χ0n) is 17.3. The maximum absolute atomic E-state index is 12.1. The number of nitrogens with zero attached hydrogens (tertiary/aromatic N) is 2. The zero-order valence-corrected chi connectivity index (χ0v) is 17.3. The number of hydrogen-bond acceptors (Lipinski definition) is 5. The molecule has 1 N–H and O–H groups in total. The Labute approximate surface area is 176 Å². The highest BCUT2D eigenvalue weighted by atomic mass is 16.6. The van der Waals surface area contributed by atoms with Gasteiger partial charge < -0.3 is 14.8 Å². The molecule has 0 atom stereocenters. The molecule has 2 heterocycles.